The summed E-state index contributed by atoms with van der Waals surface area (Å²) in [6, 6.07) is 6.27. The normalized spacial score (nSPS) is 10.3. The molecule has 0 amide bonds. The summed E-state index contributed by atoms with van der Waals surface area (Å²) in [5.41, 5.74) is 0.707. The van der Waals surface area contributed by atoms with Gasteiger partial charge in [-0.1, -0.05) is 12.1 Å². The molecule has 0 N–H and O–H groups in total. The van der Waals surface area contributed by atoms with E-state index in [9.17, 15) is 14.9 Å². The molecule has 1 aromatic heterocycles. The topological polar surface area (TPSA) is 73.1 Å². The van der Waals surface area contributed by atoms with Gasteiger partial charge in [-0.05, 0) is 13.0 Å². The Morgan fingerprint density at radius 1 is 1.44 bits per heavy atom. The van der Waals surface area contributed by atoms with Crippen LogP contribution in [-0.2, 0) is 0 Å². The molecule has 0 atom stereocenters. The second kappa shape index (κ2) is 3.69. The molecule has 5 nitrogen and oxygen atoms in total. The van der Waals surface area contributed by atoms with E-state index in [4.69, 9.17) is 0 Å². The number of hydrogen-bond donors (Lipinski definition) is 0. The Balaban J connectivity index is 2.73. The fourth-order valence-corrected chi connectivity index (χ4v) is 1.48. The number of nitro benzene ring substituents is 1. The van der Waals surface area contributed by atoms with E-state index < -0.39 is 4.92 Å². The Labute approximate surface area is 90.9 Å². The smallest absolute Gasteiger partial charge is 0.294 e. The number of pyridine rings is 1. The standard InChI is InChI=1S/C11H8N2O3/c1-7(14)9-5-8-3-2-4-10(13(15)16)11(8)12-6-9/h2-6H,1H3. The molecule has 0 unspecified atom stereocenters. The summed E-state index contributed by atoms with van der Waals surface area (Å²) in [5, 5.41) is 11.3. The van der Waals surface area contributed by atoms with E-state index in [2.05, 4.69) is 4.98 Å². The van der Waals surface area contributed by atoms with Crippen LogP contribution in [0.1, 0.15) is 17.3 Å². The number of nitrogens with zero attached hydrogens (tertiary/aromatic N) is 2. The average molecular weight is 216 g/mol. The number of fused-ring (bicyclic) bond motifs is 1. The van der Waals surface area contributed by atoms with Crippen molar-refractivity contribution in [3.05, 3.63) is 46.1 Å². The van der Waals surface area contributed by atoms with E-state index in [-0.39, 0.29) is 11.5 Å². The van der Waals surface area contributed by atoms with Crippen LogP contribution >= 0.6 is 0 Å². The molecular weight excluding hydrogens is 208 g/mol. The first-order valence-electron chi connectivity index (χ1n) is 4.63. The van der Waals surface area contributed by atoms with Crippen LogP contribution in [0.3, 0.4) is 0 Å². The lowest BCUT2D eigenvalue weighted by atomic mass is 10.1. The number of benzene rings is 1. The Morgan fingerprint density at radius 3 is 2.81 bits per heavy atom. The van der Waals surface area contributed by atoms with Crippen molar-refractivity contribution in [2.24, 2.45) is 0 Å². The summed E-state index contributed by atoms with van der Waals surface area (Å²) >= 11 is 0. The monoisotopic (exact) mass is 216 g/mol. The molecule has 0 saturated carbocycles. The van der Waals surface area contributed by atoms with Gasteiger partial charge in [0, 0.05) is 23.2 Å². The molecule has 0 aliphatic carbocycles. The molecule has 5 heteroatoms. The highest BCUT2D eigenvalue weighted by Gasteiger charge is 2.13. The van der Waals surface area contributed by atoms with E-state index in [0.717, 1.165) is 0 Å². The SMILES string of the molecule is CC(=O)c1cnc2c([N+](=O)[O-])cccc2c1. The third-order valence-corrected chi connectivity index (χ3v) is 2.29. The van der Waals surface area contributed by atoms with Crippen molar-refractivity contribution in [1.82, 2.24) is 4.98 Å². The maximum absolute atomic E-state index is 11.1. The Kier molecular flexibility index (Phi) is 2.36. The number of carbonyl (C=O) groups is 1. The Bertz CT molecular complexity index is 593. The van der Waals surface area contributed by atoms with Gasteiger partial charge in [-0.25, -0.2) is 4.98 Å². The molecule has 2 aromatic rings. The van der Waals surface area contributed by atoms with Crippen molar-refractivity contribution in [2.45, 2.75) is 6.92 Å². The maximum Gasteiger partial charge on any atom is 0.295 e. The van der Waals surface area contributed by atoms with Crippen LogP contribution in [0.25, 0.3) is 10.9 Å². The van der Waals surface area contributed by atoms with Crippen molar-refractivity contribution in [3.8, 4) is 0 Å². The van der Waals surface area contributed by atoms with Crippen molar-refractivity contribution in [3.63, 3.8) is 0 Å². The van der Waals surface area contributed by atoms with E-state index >= 15 is 0 Å². The number of ketones is 1. The summed E-state index contributed by atoms with van der Waals surface area (Å²) in [6.45, 7) is 1.43. The summed E-state index contributed by atoms with van der Waals surface area (Å²) in [6.07, 6.45) is 1.36. The van der Waals surface area contributed by atoms with Crippen molar-refractivity contribution in [1.29, 1.82) is 0 Å². The van der Waals surface area contributed by atoms with Gasteiger partial charge in [-0.3, -0.25) is 14.9 Å². The third-order valence-electron chi connectivity index (χ3n) is 2.29. The number of non-ortho nitro benzene ring substituents is 1. The summed E-state index contributed by atoms with van der Waals surface area (Å²) in [5.74, 6) is -0.110. The lowest BCUT2D eigenvalue weighted by molar-refractivity contribution is -0.383. The van der Waals surface area contributed by atoms with Crippen LogP contribution in [0, 0.1) is 10.1 Å². The van der Waals surface area contributed by atoms with Gasteiger partial charge < -0.3 is 0 Å². The number of nitro groups is 1. The van der Waals surface area contributed by atoms with Crippen molar-refractivity contribution < 1.29 is 9.72 Å². The van der Waals surface area contributed by atoms with Crippen LogP contribution in [0.5, 0.6) is 0 Å². The van der Waals surface area contributed by atoms with E-state index in [1.54, 1.807) is 18.2 Å². The largest absolute Gasteiger partial charge is 0.295 e. The number of para-hydroxylation sites is 1. The molecule has 0 saturated heterocycles. The van der Waals surface area contributed by atoms with Crippen LogP contribution in [0.4, 0.5) is 5.69 Å². The number of Topliss-reactive ketones (excluding diaryl/α,β-unsaturated/α-hetero) is 1. The molecule has 0 aliphatic heterocycles. The first-order chi connectivity index (χ1) is 7.59. The first-order valence-corrected chi connectivity index (χ1v) is 4.63. The summed E-state index contributed by atoms with van der Waals surface area (Å²) < 4.78 is 0. The fraction of sp³-hybridized carbons (Fsp3) is 0.0909. The number of rotatable bonds is 2. The minimum atomic E-state index is -0.483. The van der Waals surface area contributed by atoms with Crippen LogP contribution in [-0.4, -0.2) is 15.7 Å². The van der Waals surface area contributed by atoms with Gasteiger partial charge in [0.25, 0.3) is 5.69 Å². The van der Waals surface area contributed by atoms with Crippen molar-refractivity contribution in [2.75, 3.05) is 0 Å². The van der Waals surface area contributed by atoms with E-state index in [0.29, 0.717) is 16.5 Å². The zero-order valence-corrected chi connectivity index (χ0v) is 8.51. The molecule has 0 spiro atoms. The molecule has 0 fully saturated rings. The Hall–Kier alpha value is -2.30. The van der Waals surface area contributed by atoms with E-state index in [1.807, 2.05) is 0 Å². The van der Waals surface area contributed by atoms with Gasteiger partial charge >= 0.3 is 0 Å². The van der Waals surface area contributed by atoms with Gasteiger partial charge in [0.05, 0.1) is 4.92 Å². The molecule has 0 radical (unpaired) electrons. The Morgan fingerprint density at radius 2 is 2.19 bits per heavy atom. The lowest BCUT2D eigenvalue weighted by Crippen LogP contribution is -1.96. The van der Waals surface area contributed by atoms with Crippen molar-refractivity contribution >= 4 is 22.4 Å². The second-order valence-corrected chi connectivity index (χ2v) is 3.39. The van der Waals surface area contributed by atoms with Crippen LogP contribution in [0.2, 0.25) is 0 Å². The van der Waals surface area contributed by atoms with Gasteiger partial charge in [0.2, 0.25) is 0 Å². The highest BCUT2D eigenvalue weighted by Crippen LogP contribution is 2.23. The molecule has 2 rings (SSSR count). The van der Waals surface area contributed by atoms with Gasteiger partial charge in [0.15, 0.2) is 5.78 Å². The molecule has 0 bridgehead atoms. The second-order valence-electron chi connectivity index (χ2n) is 3.39. The molecule has 1 aromatic carbocycles. The number of carbonyl (C=O) groups excluding carboxylic acids is 1. The quantitative estimate of drug-likeness (QED) is 0.438. The molecule has 1 heterocycles. The zero-order chi connectivity index (χ0) is 11.7. The molecule has 0 aliphatic rings. The highest BCUT2D eigenvalue weighted by atomic mass is 16.6. The summed E-state index contributed by atoms with van der Waals surface area (Å²) in [7, 11) is 0. The summed E-state index contributed by atoms with van der Waals surface area (Å²) in [4.78, 5) is 25.3. The zero-order valence-electron chi connectivity index (χ0n) is 8.51. The highest BCUT2D eigenvalue weighted by molar-refractivity contribution is 5.98. The number of hydrogen-bond acceptors (Lipinski definition) is 4. The molecule has 16 heavy (non-hydrogen) atoms. The van der Waals surface area contributed by atoms with Gasteiger partial charge in [-0.15, -0.1) is 0 Å². The predicted octanol–water partition coefficient (Wildman–Crippen LogP) is 2.35. The molecular formula is C11H8N2O3. The van der Waals surface area contributed by atoms with Gasteiger partial charge in [-0.2, -0.15) is 0 Å². The minimum absolute atomic E-state index is 0.0485. The minimum Gasteiger partial charge on any atom is -0.294 e. The molecule has 80 valence electrons. The third kappa shape index (κ3) is 1.63. The average Bonchev–Trinajstić information content (AvgIpc) is 2.27. The van der Waals surface area contributed by atoms with Crippen LogP contribution in [0.15, 0.2) is 30.5 Å². The predicted molar refractivity (Wildman–Crippen MR) is 58.4 cm³/mol. The fourth-order valence-electron chi connectivity index (χ4n) is 1.48. The number of aromatic nitrogens is 1. The maximum atomic E-state index is 11.1. The van der Waals surface area contributed by atoms with Gasteiger partial charge in [0.1, 0.15) is 5.52 Å². The van der Waals surface area contributed by atoms with Crippen LogP contribution < -0.4 is 0 Å². The first kappa shape index (κ1) is 10.2. The lowest BCUT2D eigenvalue weighted by Gasteiger charge is -2.00. The van der Waals surface area contributed by atoms with E-state index in [1.165, 1.54) is 19.2 Å².